The quantitative estimate of drug-likeness (QED) is 0.591. The van der Waals surface area contributed by atoms with Crippen molar-refractivity contribution in [1.82, 2.24) is 20.4 Å². The molecule has 0 spiro atoms. The Labute approximate surface area is 203 Å². The maximum absolute atomic E-state index is 13.6. The molecular formula is C26H30F2N4O3. The molecule has 1 fully saturated rings. The number of carbonyl (C=O) groups excluding carboxylic acids is 2. The molecule has 0 bridgehead atoms. The number of ether oxygens (including phenoxy) is 1. The number of benzene rings is 2. The van der Waals surface area contributed by atoms with Gasteiger partial charge < -0.3 is 15.4 Å². The zero-order valence-corrected chi connectivity index (χ0v) is 19.9. The van der Waals surface area contributed by atoms with E-state index in [0.29, 0.717) is 44.0 Å². The summed E-state index contributed by atoms with van der Waals surface area (Å²) in [4.78, 5) is 29.0. The molecule has 0 saturated carbocycles. The van der Waals surface area contributed by atoms with Crippen molar-refractivity contribution in [3.8, 4) is 0 Å². The molecule has 2 N–H and O–H groups in total. The van der Waals surface area contributed by atoms with Gasteiger partial charge in [0.2, 0.25) is 0 Å². The number of rotatable bonds is 7. The summed E-state index contributed by atoms with van der Waals surface area (Å²) in [6, 6.07) is 11.9. The van der Waals surface area contributed by atoms with E-state index in [1.807, 2.05) is 0 Å². The molecule has 0 radical (unpaired) electrons. The molecule has 186 valence electrons. The Hall–Kier alpha value is -3.30. The smallest absolute Gasteiger partial charge is 0.337 e. The molecule has 2 aromatic rings. The summed E-state index contributed by atoms with van der Waals surface area (Å²) < 4.78 is 32.3. The van der Waals surface area contributed by atoms with Crippen LogP contribution >= 0.6 is 0 Å². The van der Waals surface area contributed by atoms with Crippen LogP contribution in [0.2, 0.25) is 0 Å². The highest BCUT2D eigenvalue weighted by Gasteiger charge is 2.32. The summed E-state index contributed by atoms with van der Waals surface area (Å²) in [5, 5.41) is 5.50. The van der Waals surface area contributed by atoms with E-state index in [2.05, 4.69) is 20.4 Å². The zero-order valence-electron chi connectivity index (χ0n) is 19.9. The Morgan fingerprint density at radius 1 is 1.00 bits per heavy atom. The number of urea groups is 1. The Kier molecular flexibility index (Phi) is 7.77. The van der Waals surface area contributed by atoms with Gasteiger partial charge in [0.1, 0.15) is 11.6 Å². The van der Waals surface area contributed by atoms with Gasteiger partial charge in [-0.1, -0.05) is 24.3 Å². The molecular weight excluding hydrogens is 454 g/mol. The van der Waals surface area contributed by atoms with Crippen molar-refractivity contribution in [2.24, 2.45) is 0 Å². The fraction of sp³-hybridized carbons (Fsp3) is 0.385. The maximum Gasteiger partial charge on any atom is 0.337 e. The normalized spacial score (nSPS) is 19.5. The van der Waals surface area contributed by atoms with Gasteiger partial charge in [-0.05, 0) is 49.2 Å². The average molecular weight is 485 g/mol. The van der Waals surface area contributed by atoms with Crippen LogP contribution in [0, 0.1) is 11.6 Å². The van der Waals surface area contributed by atoms with Crippen LogP contribution in [-0.2, 0) is 9.53 Å². The molecule has 0 aliphatic carbocycles. The molecule has 2 amide bonds. The lowest BCUT2D eigenvalue weighted by atomic mass is 9.96. The largest absolute Gasteiger partial charge is 0.463 e. The second-order valence-electron chi connectivity index (χ2n) is 8.75. The molecule has 4 rings (SSSR count). The molecule has 0 aromatic heterocycles. The molecule has 9 heteroatoms. The minimum Gasteiger partial charge on any atom is -0.463 e. The van der Waals surface area contributed by atoms with Crippen molar-refractivity contribution in [3.63, 3.8) is 0 Å². The Morgan fingerprint density at radius 2 is 1.54 bits per heavy atom. The fourth-order valence-corrected chi connectivity index (χ4v) is 4.71. The first-order valence-corrected chi connectivity index (χ1v) is 11.8. The molecule has 7 nitrogen and oxygen atoms in total. The van der Waals surface area contributed by atoms with Gasteiger partial charge in [-0.25, -0.2) is 18.4 Å². The SMILES string of the molecule is CCOC(=O)C1=C(CN2CCN(C(c3ccc(F)cc3)c3ccc(F)cc3)CC2)NC(=O)NC1C. The maximum atomic E-state index is 13.6. The molecule has 2 heterocycles. The fourth-order valence-electron chi connectivity index (χ4n) is 4.71. The number of nitrogens with one attached hydrogen (secondary N) is 2. The average Bonchev–Trinajstić information content (AvgIpc) is 2.82. The van der Waals surface area contributed by atoms with E-state index in [0.717, 1.165) is 11.1 Å². The van der Waals surface area contributed by atoms with Crippen LogP contribution in [0.5, 0.6) is 0 Å². The van der Waals surface area contributed by atoms with Gasteiger partial charge in [0.25, 0.3) is 0 Å². The topological polar surface area (TPSA) is 73.9 Å². The minimum absolute atomic E-state index is 0.147. The summed E-state index contributed by atoms with van der Waals surface area (Å²) in [5.74, 6) is -1.05. The number of nitrogens with zero attached hydrogens (tertiary/aromatic N) is 2. The monoisotopic (exact) mass is 484 g/mol. The van der Waals surface area contributed by atoms with Crippen molar-refractivity contribution in [3.05, 3.63) is 82.6 Å². The predicted molar refractivity (Wildman–Crippen MR) is 127 cm³/mol. The van der Waals surface area contributed by atoms with Gasteiger partial charge in [-0.15, -0.1) is 0 Å². The number of piperazine rings is 1. The number of hydrogen-bond acceptors (Lipinski definition) is 5. The number of carbonyl (C=O) groups is 2. The van der Waals surface area contributed by atoms with E-state index in [4.69, 9.17) is 4.74 Å². The highest BCUT2D eigenvalue weighted by Crippen LogP contribution is 2.30. The summed E-state index contributed by atoms with van der Waals surface area (Å²) in [7, 11) is 0. The number of amides is 2. The third-order valence-corrected chi connectivity index (χ3v) is 6.39. The van der Waals surface area contributed by atoms with Gasteiger partial charge in [0, 0.05) is 38.4 Å². The van der Waals surface area contributed by atoms with Crippen molar-refractivity contribution in [1.29, 1.82) is 0 Å². The zero-order chi connectivity index (χ0) is 24.9. The summed E-state index contributed by atoms with van der Waals surface area (Å²) in [6.07, 6.45) is 0. The van der Waals surface area contributed by atoms with Gasteiger partial charge in [0.15, 0.2) is 0 Å². The van der Waals surface area contributed by atoms with E-state index in [1.165, 1.54) is 24.3 Å². The van der Waals surface area contributed by atoms with Crippen LogP contribution in [0.3, 0.4) is 0 Å². The van der Waals surface area contributed by atoms with Crippen LogP contribution in [-0.4, -0.2) is 67.2 Å². The van der Waals surface area contributed by atoms with Gasteiger partial charge in [-0.3, -0.25) is 9.80 Å². The molecule has 2 aliphatic heterocycles. The van der Waals surface area contributed by atoms with Crippen molar-refractivity contribution >= 4 is 12.0 Å². The Balaban J connectivity index is 1.51. The molecule has 1 atom stereocenters. The van der Waals surface area contributed by atoms with E-state index in [-0.39, 0.29) is 30.3 Å². The van der Waals surface area contributed by atoms with Gasteiger partial charge in [0.05, 0.1) is 24.3 Å². The van der Waals surface area contributed by atoms with Gasteiger partial charge in [-0.2, -0.15) is 0 Å². The second-order valence-corrected chi connectivity index (χ2v) is 8.75. The summed E-state index contributed by atoms with van der Waals surface area (Å²) in [6.45, 7) is 6.95. The van der Waals surface area contributed by atoms with Crippen molar-refractivity contribution < 1.29 is 23.1 Å². The van der Waals surface area contributed by atoms with E-state index in [1.54, 1.807) is 38.1 Å². The van der Waals surface area contributed by atoms with Crippen LogP contribution in [0.25, 0.3) is 0 Å². The molecule has 1 saturated heterocycles. The molecule has 2 aromatic carbocycles. The van der Waals surface area contributed by atoms with Crippen LogP contribution in [0.1, 0.15) is 31.0 Å². The molecule has 2 aliphatic rings. The summed E-state index contributed by atoms with van der Waals surface area (Å²) >= 11 is 0. The first-order chi connectivity index (χ1) is 16.9. The standard InChI is InChI=1S/C26H30F2N4O3/c1-3-35-25(33)23-17(2)29-26(34)30-22(23)16-31-12-14-32(15-13-31)24(18-4-8-20(27)9-5-18)19-6-10-21(28)11-7-19/h4-11,17,24H,3,12-16H2,1-2H3,(H2,29,30,34). The number of hydrogen-bond donors (Lipinski definition) is 2. The lowest BCUT2D eigenvalue weighted by Gasteiger charge is -2.40. The Morgan fingerprint density at radius 3 is 2.06 bits per heavy atom. The van der Waals surface area contributed by atoms with Gasteiger partial charge >= 0.3 is 12.0 Å². The van der Waals surface area contributed by atoms with Crippen molar-refractivity contribution in [2.45, 2.75) is 25.9 Å². The highest BCUT2D eigenvalue weighted by atomic mass is 19.1. The first-order valence-electron chi connectivity index (χ1n) is 11.8. The van der Waals surface area contributed by atoms with Crippen LogP contribution in [0.4, 0.5) is 13.6 Å². The first kappa shape index (κ1) is 24.8. The number of halogens is 2. The third kappa shape index (κ3) is 5.86. The van der Waals surface area contributed by atoms with E-state index >= 15 is 0 Å². The third-order valence-electron chi connectivity index (χ3n) is 6.39. The second kappa shape index (κ2) is 11.0. The number of esters is 1. The molecule has 1 unspecified atom stereocenters. The lowest BCUT2D eigenvalue weighted by Crippen LogP contribution is -2.53. The van der Waals surface area contributed by atoms with E-state index in [9.17, 15) is 18.4 Å². The van der Waals surface area contributed by atoms with Crippen molar-refractivity contribution in [2.75, 3.05) is 39.3 Å². The minimum atomic E-state index is -0.444. The molecule has 35 heavy (non-hydrogen) atoms. The Bertz CT molecular complexity index is 1040. The predicted octanol–water partition coefficient (Wildman–Crippen LogP) is 3.19. The highest BCUT2D eigenvalue weighted by molar-refractivity contribution is 5.94. The van der Waals surface area contributed by atoms with E-state index < -0.39 is 12.0 Å². The lowest BCUT2D eigenvalue weighted by molar-refractivity contribution is -0.139. The summed E-state index contributed by atoms with van der Waals surface area (Å²) in [5.41, 5.74) is 2.85. The van der Waals surface area contributed by atoms with Crippen LogP contribution < -0.4 is 10.6 Å². The van der Waals surface area contributed by atoms with Crippen LogP contribution in [0.15, 0.2) is 59.8 Å².